The summed E-state index contributed by atoms with van der Waals surface area (Å²) in [5, 5.41) is 1.39. The number of aromatic amines is 1. The molecule has 3 N–H and O–H groups in total. The van der Waals surface area contributed by atoms with Crippen molar-refractivity contribution in [3.63, 3.8) is 0 Å². The van der Waals surface area contributed by atoms with Gasteiger partial charge in [-0.15, -0.1) is 0 Å². The van der Waals surface area contributed by atoms with Gasteiger partial charge in [0.05, 0.1) is 26.6 Å². The van der Waals surface area contributed by atoms with E-state index in [0.717, 1.165) is 6.33 Å². The van der Waals surface area contributed by atoms with Crippen LogP contribution < -0.4 is 19.5 Å². The summed E-state index contributed by atoms with van der Waals surface area (Å²) in [4.78, 5) is 25.3. The molecule has 0 aromatic carbocycles. The molecule has 13 heteroatoms. The van der Waals surface area contributed by atoms with Crippen molar-refractivity contribution in [3.8, 4) is 11.8 Å². The lowest BCUT2D eigenvalue weighted by Gasteiger charge is -2.08. The van der Waals surface area contributed by atoms with E-state index in [0.29, 0.717) is 0 Å². The molecule has 0 bridgehead atoms. The second-order valence-electron chi connectivity index (χ2n) is 3.86. The Bertz CT molecular complexity index is 801. The minimum Gasteiger partial charge on any atom is -0.481 e. The van der Waals surface area contributed by atoms with Crippen LogP contribution >= 0.6 is 11.6 Å². The van der Waals surface area contributed by atoms with Crippen LogP contribution in [0.3, 0.4) is 0 Å². The second kappa shape index (κ2) is 6.66. The molecule has 0 aliphatic rings. The van der Waals surface area contributed by atoms with Gasteiger partial charge in [0.25, 0.3) is 10.0 Å². The highest BCUT2D eigenvalue weighted by Crippen LogP contribution is 2.18. The Morgan fingerprint density at radius 2 is 1.87 bits per heavy atom. The summed E-state index contributed by atoms with van der Waals surface area (Å²) in [6.45, 7) is 0. The number of amides is 2. The number of H-pyrrole nitrogens is 1. The molecule has 124 valence electrons. The molecule has 2 aromatic heterocycles. The van der Waals surface area contributed by atoms with Gasteiger partial charge in [-0.2, -0.15) is 18.4 Å². The first-order chi connectivity index (χ1) is 10.9. The third-order valence-electron chi connectivity index (χ3n) is 2.38. The first-order valence-electron chi connectivity index (χ1n) is 5.85. The summed E-state index contributed by atoms with van der Waals surface area (Å²) in [6, 6.07) is 0.274. The zero-order valence-electron chi connectivity index (χ0n) is 11.8. The van der Waals surface area contributed by atoms with Crippen LogP contribution in [-0.4, -0.2) is 48.6 Å². The smallest absolute Gasteiger partial charge is 0.335 e. The van der Waals surface area contributed by atoms with Gasteiger partial charge in [-0.25, -0.2) is 14.5 Å². The predicted octanol–water partition coefficient (Wildman–Crippen LogP) is 0.381. The summed E-state index contributed by atoms with van der Waals surface area (Å²) < 4.78 is 35.4. The lowest BCUT2D eigenvalue weighted by atomic mass is 10.6. The number of imidazole rings is 1. The highest BCUT2D eigenvalue weighted by atomic mass is 35.5. The number of carbonyl (C=O) groups excluding carboxylic acids is 1. The number of nitrogens with zero attached hydrogens (tertiary/aromatic N) is 3. The first kappa shape index (κ1) is 16.8. The van der Waals surface area contributed by atoms with Gasteiger partial charge < -0.3 is 14.5 Å². The second-order valence-corrected chi connectivity index (χ2v) is 5.84. The Hall–Kier alpha value is -2.60. The van der Waals surface area contributed by atoms with Gasteiger partial charge in [0.1, 0.15) is 0 Å². The number of hydrogen-bond donors (Lipinski definition) is 3. The number of aromatic nitrogens is 4. The molecule has 0 aliphatic heterocycles. The maximum Gasteiger partial charge on any atom is 0.335 e. The van der Waals surface area contributed by atoms with Crippen molar-refractivity contribution in [2.75, 3.05) is 19.5 Å². The van der Waals surface area contributed by atoms with Gasteiger partial charge in [0.15, 0.2) is 10.2 Å². The lowest BCUT2D eigenvalue weighted by molar-refractivity contribution is 0.256. The number of urea groups is 1. The Kier molecular flexibility index (Phi) is 4.86. The van der Waals surface area contributed by atoms with Gasteiger partial charge in [0, 0.05) is 0 Å². The topological polar surface area (TPSA) is 148 Å². The fourth-order valence-electron chi connectivity index (χ4n) is 1.42. The third-order valence-corrected chi connectivity index (χ3v) is 4.08. The van der Waals surface area contributed by atoms with Crippen LogP contribution in [0.4, 0.5) is 10.7 Å². The normalized spacial score (nSPS) is 10.9. The number of anilines is 1. The minimum absolute atomic E-state index is 0.117. The van der Waals surface area contributed by atoms with E-state index in [2.05, 4.69) is 25.3 Å². The van der Waals surface area contributed by atoms with Crippen molar-refractivity contribution in [2.45, 2.75) is 5.03 Å². The van der Waals surface area contributed by atoms with E-state index >= 15 is 0 Å². The molecule has 0 aliphatic carbocycles. The standard InChI is InChI=1S/C10H11ClN6O5S/c1-21-5-3-6(22-2)15-9(14-5)16-10(18)17-23(19,20)8-7(11)12-4-13-8/h3-4H,1-2H3,(H,12,13)(H2,14,15,16,17,18). The van der Waals surface area contributed by atoms with Gasteiger partial charge in [-0.3, -0.25) is 5.32 Å². The summed E-state index contributed by atoms with van der Waals surface area (Å²) >= 11 is 5.60. The highest BCUT2D eigenvalue weighted by Gasteiger charge is 2.23. The largest absolute Gasteiger partial charge is 0.481 e. The average molecular weight is 363 g/mol. The SMILES string of the molecule is COc1cc(OC)nc(NC(=O)NS(=O)(=O)c2[nH]cnc2Cl)n1. The van der Waals surface area contributed by atoms with E-state index in [4.69, 9.17) is 21.1 Å². The number of sulfonamides is 1. The van der Waals surface area contributed by atoms with Crippen LogP contribution in [0.2, 0.25) is 5.15 Å². The number of hydrogen-bond acceptors (Lipinski definition) is 8. The Balaban J connectivity index is 2.15. The van der Waals surface area contributed by atoms with Crippen molar-refractivity contribution < 1.29 is 22.7 Å². The highest BCUT2D eigenvalue weighted by molar-refractivity contribution is 7.90. The van der Waals surface area contributed by atoms with Crippen molar-refractivity contribution in [3.05, 3.63) is 17.5 Å². The molecule has 0 radical (unpaired) electrons. The van der Waals surface area contributed by atoms with Crippen molar-refractivity contribution in [1.82, 2.24) is 24.7 Å². The predicted molar refractivity (Wildman–Crippen MR) is 78.1 cm³/mol. The minimum atomic E-state index is -4.23. The molecule has 0 atom stereocenters. The van der Waals surface area contributed by atoms with Crippen molar-refractivity contribution in [2.24, 2.45) is 0 Å². The van der Waals surface area contributed by atoms with E-state index in [1.165, 1.54) is 20.3 Å². The van der Waals surface area contributed by atoms with Crippen LogP contribution in [0.5, 0.6) is 11.8 Å². The van der Waals surface area contributed by atoms with Crippen LogP contribution in [0.15, 0.2) is 17.4 Å². The molecule has 0 saturated heterocycles. The Labute approximate surface area is 135 Å². The lowest BCUT2D eigenvalue weighted by Crippen LogP contribution is -2.35. The maximum atomic E-state index is 11.9. The Morgan fingerprint density at radius 1 is 1.26 bits per heavy atom. The quantitative estimate of drug-likeness (QED) is 0.691. The summed E-state index contributed by atoms with van der Waals surface area (Å²) in [5.41, 5.74) is 0. The summed E-state index contributed by atoms with van der Waals surface area (Å²) in [7, 11) is -1.51. The van der Waals surface area contributed by atoms with Gasteiger partial charge in [0.2, 0.25) is 17.7 Å². The van der Waals surface area contributed by atoms with Crippen LogP contribution in [-0.2, 0) is 10.0 Å². The number of methoxy groups -OCH3 is 2. The number of rotatable bonds is 5. The number of halogens is 1. The van der Waals surface area contributed by atoms with E-state index < -0.39 is 21.1 Å². The fourth-order valence-corrected chi connectivity index (χ4v) is 2.71. The molecular formula is C10H11ClN6O5S. The molecule has 2 amide bonds. The number of ether oxygens (including phenoxy) is 2. The molecule has 2 aromatic rings. The third kappa shape index (κ3) is 3.98. The molecule has 2 rings (SSSR count). The van der Waals surface area contributed by atoms with Gasteiger partial charge in [-0.1, -0.05) is 11.6 Å². The molecular weight excluding hydrogens is 352 g/mol. The van der Waals surface area contributed by atoms with E-state index in [-0.39, 0.29) is 22.9 Å². The van der Waals surface area contributed by atoms with E-state index in [9.17, 15) is 13.2 Å². The van der Waals surface area contributed by atoms with E-state index in [1.807, 2.05) is 0 Å². The fraction of sp³-hybridized carbons (Fsp3) is 0.200. The average Bonchev–Trinajstić information content (AvgIpc) is 2.93. The molecule has 23 heavy (non-hydrogen) atoms. The monoisotopic (exact) mass is 362 g/mol. The molecule has 0 unspecified atom stereocenters. The number of carbonyl (C=O) groups is 1. The van der Waals surface area contributed by atoms with Crippen molar-refractivity contribution in [1.29, 1.82) is 0 Å². The molecule has 2 heterocycles. The zero-order valence-corrected chi connectivity index (χ0v) is 13.4. The molecule has 11 nitrogen and oxygen atoms in total. The molecule has 0 fully saturated rings. The molecule has 0 spiro atoms. The van der Waals surface area contributed by atoms with Crippen LogP contribution in [0.25, 0.3) is 0 Å². The van der Waals surface area contributed by atoms with Gasteiger partial charge in [-0.05, 0) is 0 Å². The van der Waals surface area contributed by atoms with Crippen LogP contribution in [0, 0.1) is 0 Å². The van der Waals surface area contributed by atoms with Gasteiger partial charge >= 0.3 is 6.03 Å². The van der Waals surface area contributed by atoms with E-state index in [1.54, 1.807) is 4.72 Å². The molecule has 0 saturated carbocycles. The number of nitrogens with one attached hydrogen (secondary N) is 3. The Morgan fingerprint density at radius 3 is 2.35 bits per heavy atom. The van der Waals surface area contributed by atoms with Crippen molar-refractivity contribution >= 4 is 33.6 Å². The van der Waals surface area contributed by atoms with Crippen LogP contribution in [0.1, 0.15) is 0 Å². The first-order valence-corrected chi connectivity index (χ1v) is 7.71. The maximum absolute atomic E-state index is 11.9. The summed E-state index contributed by atoms with van der Waals surface area (Å²) in [5.74, 6) is 0.0165. The summed E-state index contributed by atoms with van der Waals surface area (Å²) in [6.07, 6.45) is 1.07. The zero-order chi connectivity index (χ0) is 17.0.